The van der Waals surface area contributed by atoms with Crippen LogP contribution in [0.2, 0.25) is 0 Å². The molecule has 1 N–H and O–H groups in total. The SMILES string of the molecule is CC1(C)C=CC(S(=O)(=O)NC2CCCCc3c(OCC=O)cccc32)=CC(C=O)=C1. The van der Waals surface area contributed by atoms with E-state index in [1.807, 2.05) is 26.0 Å². The number of hydrogen-bond donors (Lipinski definition) is 1. The summed E-state index contributed by atoms with van der Waals surface area (Å²) in [6.45, 7) is 3.78. The molecule has 0 aliphatic heterocycles. The van der Waals surface area contributed by atoms with E-state index in [1.165, 1.54) is 6.08 Å². The van der Waals surface area contributed by atoms with Crippen LogP contribution in [0.25, 0.3) is 0 Å². The van der Waals surface area contributed by atoms with Crippen LogP contribution in [0, 0.1) is 5.41 Å². The Morgan fingerprint density at radius 2 is 2.03 bits per heavy atom. The number of aldehydes is 2. The van der Waals surface area contributed by atoms with Crippen LogP contribution in [0.5, 0.6) is 5.75 Å². The van der Waals surface area contributed by atoms with Gasteiger partial charge in [-0.05, 0) is 48.6 Å². The minimum atomic E-state index is -3.86. The second-order valence-corrected chi connectivity index (χ2v) is 9.90. The summed E-state index contributed by atoms with van der Waals surface area (Å²) in [5, 5.41) is 0. The van der Waals surface area contributed by atoms with E-state index in [-0.39, 0.29) is 11.5 Å². The van der Waals surface area contributed by atoms with Crippen molar-refractivity contribution in [3.8, 4) is 5.75 Å². The van der Waals surface area contributed by atoms with E-state index < -0.39 is 21.5 Å². The van der Waals surface area contributed by atoms with E-state index in [1.54, 1.807) is 24.3 Å². The molecule has 0 aromatic heterocycles. The number of ether oxygens (including phenoxy) is 1. The van der Waals surface area contributed by atoms with Crippen molar-refractivity contribution in [2.75, 3.05) is 6.61 Å². The lowest BCUT2D eigenvalue weighted by Crippen LogP contribution is -2.29. The Morgan fingerprint density at radius 3 is 2.77 bits per heavy atom. The van der Waals surface area contributed by atoms with Gasteiger partial charge < -0.3 is 4.74 Å². The minimum absolute atomic E-state index is 0.0406. The fourth-order valence-electron chi connectivity index (χ4n) is 3.88. The van der Waals surface area contributed by atoms with E-state index in [2.05, 4.69) is 4.72 Å². The molecule has 0 saturated heterocycles. The number of benzene rings is 1. The molecule has 2 aliphatic carbocycles. The zero-order valence-electron chi connectivity index (χ0n) is 17.3. The fraction of sp³-hybridized carbons (Fsp3) is 0.391. The minimum Gasteiger partial charge on any atom is -0.486 e. The van der Waals surface area contributed by atoms with Gasteiger partial charge in [-0.2, -0.15) is 0 Å². The van der Waals surface area contributed by atoms with Gasteiger partial charge in [-0.1, -0.05) is 44.6 Å². The fourth-order valence-corrected chi connectivity index (χ4v) is 5.18. The average molecular weight is 430 g/mol. The second-order valence-electron chi connectivity index (χ2n) is 8.18. The molecule has 30 heavy (non-hydrogen) atoms. The predicted molar refractivity (Wildman–Crippen MR) is 116 cm³/mol. The third-order valence-electron chi connectivity index (χ3n) is 5.29. The molecular formula is C23H27NO5S. The van der Waals surface area contributed by atoms with Crippen molar-refractivity contribution in [1.82, 2.24) is 4.72 Å². The number of sulfonamides is 1. The van der Waals surface area contributed by atoms with Crippen molar-refractivity contribution < 1.29 is 22.7 Å². The van der Waals surface area contributed by atoms with Gasteiger partial charge in [0.05, 0.1) is 4.91 Å². The number of fused-ring (bicyclic) bond motifs is 1. The zero-order valence-corrected chi connectivity index (χ0v) is 18.1. The lowest BCUT2D eigenvalue weighted by Gasteiger charge is -2.21. The standard InChI is InChI=1S/C23H27NO5S/c1-23(2)11-10-18(14-17(15-23)16-26)30(27,28)24-21-8-4-3-6-20-19(21)7-5-9-22(20)29-13-12-25/h5,7,9-12,14-16,21,24H,3-4,6,8,13H2,1-2H3. The topological polar surface area (TPSA) is 89.5 Å². The first-order valence-electron chi connectivity index (χ1n) is 10.1. The molecule has 6 nitrogen and oxygen atoms in total. The van der Waals surface area contributed by atoms with Gasteiger partial charge in [0.25, 0.3) is 0 Å². The van der Waals surface area contributed by atoms with E-state index in [9.17, 15) is 18.0 Å². The smallest absolute Gasteiger partial charge is 0.241 e. The molecule has 1 aromatic carbocycles. The number of rotatable bonds is 7. The Morgan fingerprint density at radius 1 is 1.23 bits per heavy atom. The first-order chi connectivity index (χ1) is 14.3. The van der Waals surface area contributed by atoms with Crippen LogP contribution in [0.4, 0.5) is 0 Å². The average Bonchev–Trinajstić information content (AvgIpc) is 3.00. The predicted octanol–water partition coefficient (Wildman–Crippen LogP) is 3.56. The van der Waals surface area contributed by atoms with Crippen LogP contribution in [-0.4, -0.2) is 27.6 Å². The summed E-state index contributed by atoms with van der Waals surface area (Å²) in [7, 11) is -3.86. The van der Waals surface area contributed by atoms with E-state index in [0.29, 0.717) is 30.3 Å². The lowest BCUT2D eigenvalue weighted by atomic mass is 9.91. The van der Waals surface area contributed by atoms with Crippen molar-refractivity contribution in [3.63, 3.8) is 0 Å². The van der Waals surface area contributed by atoms with E-state index in [0.717, 1.165) is 30.4 Å². The normalized spacial score (nSPS) is 20.8. The molecule has 0 spiro atoms. The monoisotopic (exact) mass is 429 g/mol. The van der Waals surface area contributed by atoms with Crippen molar-refractivity contribution in [1.29, 1.82) is 0 Å². The van der Waals surface area contributed by atoms with Crippen LogP contribution in [0.3, 0.4) is 0 Å². The largest absolute Gasteiger partial charge is 0.486 e. The molecule has 1 aromatic rings. The Hall–Kier alpha value is -2.51. The molecule has 3 rings (SSSR count). The van der Waals surface area contributed by atoms with E-state index in [4.69, 9.17) is 4.74 Å². The molecule has 2 aliphatic rings. The summed E-state index contributed by atoms with van der Waals surface area (Å²) in [5.41, 5.74) is 1.70. The Balaban J connectivity index is 1.94. The molecular weight excluding hydrogens is 402 g/mol. The molecule has 7 heteroatoms. The van der Waals surface area contributed by atoms with E-state index >= 15 is 0 Å². The molecule has 0 heterocycles. The van der Waals surface area contributed by atoms with Gasteiger partial charge in [0, 0.05) is 17.0 Å². The van der Waals surface area contributed by atoms with Gasteiger partial charge in [0.15, 0.2) is 6.29 Å². The van der Waals surface area contributed by atoms with Crippen molar-refractivity contribution in [3.05, 3.63) is 64.1 Å². The van der Waals surface area contributed by atoms with Crippen molar-refractivity contribution in [2.45, 2.75) is 45.6 Å². The van der Waals surface area contributed by atoms with Crippen LogP contribution < -0.4 is 9.46 Å². The number of carbonyl (C=O) groups is 2. The van der Waals surface area contributed by atoms with Crippen LogP contribution in [0.1, 0.15) is 50.3 Å². The first kappa shape index (κ1) is 22.2. The lowest BCUT2D eigenvalue weighted by molar-refractivity contribution is -0.109. The zero-order chi connectivity index (χ0) is 21.8. The molecule has 0 radical (unpaired) electrons. The van der Waals surface area contributed by atoms with Gasteiger partial charge in [0.1, 0.15) is 18.6 Å². The van der Waals surface area contributed by atoms with Crippen molar-refractivity contribution >= 4 is 22.6 Å². The molecule has 1 unspecified atom stereocenters. The van der Waals surface area contributed by atoms with Gasteiger partial charge in [-0.3, -0.25) is 9.59 Å². The van der Waals surface area contributed by atoms with Gasteiger partial charge in [-0.15, -0.1) is 0 Å². The maximum absolute atomic E-state index is 13.2. The van der Waals surface area contributed by atoms with Crippen LogP contribution >= 0.6 is 0 Å². The molecule has 0 amide bonds. The Labute approximate surface area is 177 Å². The third-order valence-corrected chi connectivity index (χ3v) is 6.76. The van der Waals surface area contributed by atoms with Gasteiger partial charge in [-0.25, -0.2) is 13.1 Å². The maximum Gasteiger partial charge on any atom is 0.241 e. The Bertz CT molecular complexity index is 1020. The highest BCUT2D eigenvalue weighted by molar-refractivity contribution is 7.93. The quantitative estimate of drug-likeness (QED) is 0.529. The highest BCUT2D eigenvalue weighted by atomic mass is 32.2. The molecule has 0 fully saturated rings. The molecule has 160 valence electrons. The molecule has 0 saturated carbocycles. The summed E-state index contributed by atoms with van der Waals surface area (Å²) in [6, 6.07) is 5.10. The second kappa shape index (κ2) is 9.10. The number of nitrogens with one attached hydrogen (secondary N) is 1. The van der Waals surface area contributed by atoms with Gasteiger partial charge in [0.2, 0.25) is 10.0 Å². The number of allylic oxidation sites excluding steroid dienone is 5. The third kappa shape index (κ3) is 5.15. The molecule has 1 atom stereocenters. The molecule has 0 bridgehead atoms. The number of carbonyl (C=O) groups excluding carboxylic acids is 2. The highest BCUT2D eigenvalue weighted by Gasteiger charge is 2.28. The summed E-state index contributed by atoms with van der Waals surface area (Å²) in [5.74, 6) is 0.618. The first-order valence-corrected chi connectivity index (χ1v) is 11.5. The van der Waals surface area contributed by atoms with Crippen molar-refractivity contribution in [2.24, 2.45) is 5.41 Å². The highest BCUT2D eigenvalue weighted by Crippen LogP contribution is 2.35. The maximum atomic E-state index is 13.2. The summed E-state index contributed by atoms with van der Waals surface area (Å²) >= 11 is 0. The van der Waals surface area contributed by atoms with Crippen LogP contribution in [0.15, 0.2) is 53.0 Å². The summed E-state index contributed by atoms with van der Waals surface area (Å²) in [4.78, 5) is 22.2. The summed E-state index contributed by atoms with van der Waals surface area (Å²) < 4.78 is 34.8. The number of hydrogen-bond acceptors (Lipinski definition) is 5. The van der Waals surface area contributed by atoms with Gasteiger partial charge >= 0.3 is 0 Å². The van der Waals surface area contributed by atoms with Crippen LogP contribution in [-0.2, 0) is 26.0 Å². The Kier molecular flexibility index (Phi) is 6.73. The summed E-state index contributed by atoms with van der Waals surface area (Å²) in [6.07, 6.45) is 11.0.